The molecule has 0 amide bonds. The van der Waals surface area contributed by atoms with E-state index in [4.69, 9.17) is 0 Å². The van der Waals surface area contributed by atoms with E-state index < -0.39 is 0 Å². The standard InChI is InChI=1S/C42H82N2/c1-2-42(44-38-27-19-13-7-8-14-20-28-39-44)41(34-29-37-43-35-25-17-11-5-6-12-18-26-36-43)33-24-23-32-40-30-21-15-9-3-4-10-16-22-31-40/h40-42H,2-39H2,1H3. The van der Waals surface area contributed by atoms with E-state index in [1.165, 1.54) is 245 Å². The molecule has 2 aliphatic heterocycles. The van der Waals surface area contributed by atoms with Gasteiger partial charge in [-0.15, -0.1) is 0 Å². The van der Waals surface area contributed by atoms with E-state index >= 15 is 0 Å². The second-order valence-corrected chi connectivity index (χ2v) is 16.0. The number of unbranched alkanes of at least 4 members (excludes halogenated alkanes) is 1. The number of hydrogen-bond acceptors (Lipinski definition) is 2. The molecule has 1 aliphatic carbocycles. The lowest BCUT2D eigenvalue weighted by atomic mass is 9.84. The summed E-state index contributed by atoms with van der Waals surface area (Å²) in [4.78, 5) is 5.92. The van der Waals surface area contributed by atoms with Crippen LogP contribution in [0.5, 0.6) is 0 Å². The zero-order valence-corrected chi connectivity index (χ0v) is 30.5. The van der Waals surface area contributed by atoms with Gasteiger partial charge in [0, 0.05) is 6.04 Å². The lowest BCUT2D eigenvalue weighted by Crippen LogP contribution is -2.42. The van der Waals surface area contributed by atoms with Crippen LogP contribution in [0.15, 0.2) is 0 Å². The van der Waals surface area contributed by atoms with Crippen molar-refractivity contribution in [2.45, 2.75) is 225 Å². The van der Waals surface area contributed by atoms with Crippen LogP contribution in [-0.4, -0.2) is 48.6 Å². The summed E-state index contributed by atoms with van der Waals surface area (Å²) in [7, 11) is 0. The summed E-state index contributed by atoms with van der Waals surface area (Å²) < 4.78 is 0. The summed E-state index contributed by atoms with van der Waals surface area (Å²) in [5.74, 6) is 1.95. The van der Waals surface area contributed by atoms with E-state index in [2.05, 4.69) is 16.7 Å². The van der Waals surface area contributed by atoms with Gasteiger partial charge in [-0.3, -0.25) is 0 Å². The van der Waals surface area contributed by atoms with Crippen LogP contribution in [0.3, 0.4) is 0 Å². The summed E-state index contributed by atoms with van der Waals surface area (Å²) in [6, 6.07) is 0.829. The number of rotatable bonds is 12. The second-order valence-electron chi connectivity index (χ2n) is 16.0. The van der Waals surface area contributed by atoms with E-state index in [0.717, 1.165) is 17.9 Å². The lowest BCUT2D eigenvalue weighted by Gasteiger charge is -2.38. The Morgan fingerprint density at radius 2 is 0.864 bits per heavy atom. The van der Waals surface area contributed by atoms with Crippen LogP contribution in [0.25, 0.3) is 0 Å². The molecule has 3 fully saturated rings. The molecule has 2 heteroatoms. The second kappa shape index (κ2) is 26.9. The van der Waals surface area contributed by atoms with Crippen molar-refractivity contribution in [3.05, 3.63) is 0 Å². The maximum atomic E-state index is 3.04. The highest BCUT2D eigenvalue weighted by atomic mass is 15.2. The van der Waals surface area contributed by atoms with Crippen molar-refractivity contribution in [2.75, 3.05) is 32.7 Å². The fourth-order valence-corrected chi connectivity index (χ4v) is 9.40. The highest BCUT2D eigenvalue weighted by Crippen LogP contribution is 2.30. The van der Waals surface area contributed by atoms with Gasteiger partial charge >= 0.3 is 0 Å². The van der Waals surface area contributed by atoms with Crippen LogP contribution >= 0.6 is 0 Å². The molecule has 2 atom stereocenters. The topological polar surface area (TPSA) is 6.48 Å². The molecule has 2 unspecified atom stereocenters. The van der Waals surface area contributed by atoms with Gasteiger partial charge in [0.05, 0.1) is 0 Å². The van der Waals surface area contributed by atoms with Crippen molar-refractivity contribution in [3.63, 3.8) is 0 Å². The van der Waals surface area contributed by atoms with Gasteiger partial charge in [0.15, 0.2) is 0 Å². The third kappa shape index (κ3) is 18.3. The molecular weight excluding hydrogens is 532 g/mol. The first-order valence-corrected chi connectivity index (χ1v) is 21.3. The first-order chi connectivity index (χ1) is 21.9. The predicted octanol–water partition coefficient (Wildman–Crippen LogP) is 13.1. The molecule has 0 aromatic carbocycles. The maximum Gasteiger partial charge on any atom is 0.0121 e. The van der Waals surface area contributed by atoms with Gasteiger partial charge in [0.1, 0.15) is 0 Å². The third-order valence-electron chi connectivity index (χ3n) is 12.2. The first-order valence-electron chi connectivity index (χ1n) is 21.3. The van der Waals surface area contributed by atoms with Gasteiger partial charge in [-0.1, -0.05) is 167 Å². The van der Waals surface area contributed by atoms with E-state index in [9.17, 15) is 0 Å². The molecule has 2 heterocycles. The fourth-order valence-electron chi connectivity index (χ4n) is 9.40. The van der Waals surface area contributed by atoms with E-state index in [1.807, 2.05) is 0 Å². The summed E-state index contributed by atoms with van der Waals surface area (Å²) in [5, 5.41) is 0. The molecule has 3 rings (SSSR count). The third-order valence-corrected chi connectivity index (χ3v) is 12.2. The highest BCUT2D eigenvalue weighted by molar-refractivity contribution is 4.80. The Bertz CT molecular complexity index is 583. The molecule has 0 aromatic rings. The lowest BCUT2D eigenvalue weighted by molar-refractivity contribution is 0.114. The van der Waals surface area contributed by atoms with E-state index in [-0.39, 0.29) is 0 Å². The smallest absolute Gasteiger partial charge is 0.0121 e. The van der Waals surface area contributed by atoms with Gasteiger partial charge in [0.2, 0.25) is 0 Å². The monoisotopic (exact) mass is 615 g/mol. The molecule has 3 aliphatic rings. The van der Waals surface area contributed by atoms with Gasteiger partial charge in [-0.05, 0) is 95.9 Å². The first kappa shape index (κ1) is 38.4. The molecule has 0 spiro atoms. The molecule has 44 heavy (non-hydrogen) atoms. The Labute approximate surface area is 278 Å². The average molecular weight is 615 g/mol. The molecule has 0 N–H and O–H groups in total. The summed E-state index contributed by atoms with van der Waals surface area (Å²) in [5.41, 5.74) is 0. The number of nitrogens with zero attached hydrogens (tertiary/aromatic N) is 2. The van der Waals surface area contributed by atoms with Crippen molar-refractivity contribution in [2.24, 2.45) is 11.8 Å². The van der Waals surface area contributed by atoms with Gasteiger partial charge in [0.25, 0.3) is 0 Å². The summed E-state index contributed by atoms with van der Waals surface area (Å²) in [6.45, 7) is 9.41. The normalized spacial score (nSPS) is 24.8. The van der Waals surface area contributed by atoms with Crippen molar-refractivity contribution in [1.82, 2.24) is 9.80 Å². The highest BCUT2D eigenvalue weighted by Gasteiger charge is 2.26. The van der Waals surface area contributed by atoms with E-state index in [1.54, 1.807) is 0 Å². The molecule has 0 radical (unpaired) electrons. The van der Waals surface area contributed by atoms with Crippen LogP contribution in [-0.2, 0) is 0 Å². The van der Waals surface area contributed by atoms with Crippen LogP contribution in [0.4, 0.5) is 0 Å². The minimum Gasteiger partial charge on any atom is -0.303 e. The Morgan fingerprint density at radius 1 is 0.455 bits per heavy atom. The molecule has 2 nitrogen and oxygen atoms in total. The summed E-state index contributed by atoms with van der Waals surface area (Å²) in [6.07, 6.45) is 48.9. The van der Waals surface area contributed by atoms with Crippen molar-refractivity contribution < 1.29 is 0 Å². The Kier molecular flexibility index (Phi) is 23.5. The fraction of sp³-hybridized carbons (Fsp3) is 1.00. The zero-order valence-electron chi connectivity index (χ0n) is 30.5. The molecule has 260 valence electrons. The van der Waals surface area contributed by atoms with Crippen molar-refractivity contribution in [3.8, 4) is 0 Å². The van der Waals surface area contributed by atoms with E-state index in [0.29, 0.717) is 0 Å². The van der Waals surface area contributed by atoms with Gasteiger partial charge in [-0.2, -0.15) is 0 Å². The minimum absolute atomic E-state index is 0.829. The summed E-state index contributed by atoms with van der Waals surface area (Å²) >= 11 is 0. The Morgan fingerprint density at radius 3 is 1.34 bits per heavy atom. The average Bonchev–Trinajstić information content (AvgIpc) is 3.18. The molecule has 0 bridgehead atoms. The minimum atomic E-state index is 0.829. The molecular formula is C42H82N2. The Balaban J connectivity index is 1.55. The SMILES string of the molecule is CCC(C(CCCCC1CCCCCCCCCC1)CCCN1CCCCCCCCCC1)N1CCCCCCCCCC1. The van der Waals surface area contributed by atoms with Crippen LogP contribution in [0, 0.1) is 11.8 Å². The van der Waals surface area contributed by atoms with Crippen LogP contribution in [0.1, 0.15) is 219 Å². The van der Waals surface area contributed by atoms with Crippen LogP contribution in [0.2, 0.25) is 0 Å². The number of hydrogen-bond donors (Lipinski definition) is 0. The Hall–Kier alpha value is -0.0800. The molecule has 1 saturated carbocycles. The maximum absolute atomic E-state index is 3.04. The van der Waals surface area contributed by atoms with Crippen LogP contribution < -0.4 is 0 Å². The quantitative estimate of drug-likeness (QED) is 0.202. The zero-order chi connectivity index (χ0) is 30.8. The van der Waals surface area contributed by atoms with Gasteiger partial charge < -0.3 is 9.80 Å². The predicted molar refractivity (Wildman–Crippen MR) is 197 cm³/mol. The van der Waals surface area contributed by atoms with Crippen molar-refractivity contribution >= 4 is 0 Å². The molecule has 0 aromatic heterocycles. The largest absolute Gasteiger partial charge is 0.303 e. The van der Waals surface area contributed by atoms with Gasteiger partial charge in [-0.25, -0.2) is 0 Å². The molecule has 2 saturated heterocycles. The van der Waals surface area contributed by atoms with Crippen molar-refractivity contribution in [1.29, 1.82) is 0 Å².